The van der Waals surface area contributed by atoms with Crippen molar-refractivity contribution in [3.63, 3.8) is 0 Å². The summed E-state index contributed by atoms with van der Waals surface area (Å²) < 4.78 is 14.2. The first-order chi connectivity index (χ1) is 8.58. The van der Waals surface area contributed by atoms with E-state index in [1.165, 1.54) is 32.1 Å². The average molecular weight is 270 g/mol. The van der Waals surface area contributed by atoms with E-state index in [1.807, 2.05) is 0 Å². The maximum absolute atomic E-state index is 14.2. The summed E-state index contributed by atoms with van der Waals surface area (Å²) in [6.45, 7) is 4.52. The molecule has 0 nitrogen and oxygen atoms in total. The van der Waals surface area contributed by atoms with Crippen molar-refractivity contribution in [2.24, 2.45) is 23.7 Å². The first kappa shape index (κ1) is 14.5. The lowest BCUT2D eigenvalue weighted by molar-refractivity contribution is 0.170. The Kier molecular flexibility index (Phi) is 5.24. The fourth-order valence-corrected chi connectivity index (χ4v) is 3.86. The summed E-state index contributed by atoms with van der Waals surface area (Å²) >= 11 is 0. The van der Waals surface area contributed by atoms with Gasteiger partial charge in [-0.3, -0.25) is 0 Å². The van der Waals surface area contributed by atoms with Gasteiger partial charge in [0, 0.05) is 11.6 Å². The highest BCUT2D eigenvalue weighted by atomic mass is 31.0. The van der Waals surface area contributed by atoms with E-state index in [0.717, 1.165) is 18.3 Å². The Bertz CT molecular complexity index is 281. The highest BCUT2D eigenvalue weighted by Gasteiger charge is 2.33. The van der Waals surface area contributed by atoms with Gasteiger partial charge in [0.1, 0.15) is 6.17 Å². The van der Waals surface area contributed by atoms with Crippen LogP contribution in [0.5, 0.6) is 0 Å². The molecular formula is C16H28FP. The standard InChI is InChI=1S/C16H28FP/c1-11-3-6-13(7-4-11)8-10-14-9-5-12(2)16(18)15(14)17/h8,10-16H,3-7,9,18H2,1-2H3/b10-8+. The molecule has 5 unspecified atom stereocenters. The molecule has 0 bridgehead atoms. The summed E-state index contributed by atoms with van der Waals surface area (Å²) in [7, 11) is 2.72. The van der Waals surface area contributed by atoms with Crippen LogP contribution in [0.25, 0.3) is 0 Å². The van der Waals surface area contributed by atoms with Gasteiger partial charge < -0.3 is 0 Å². The van der Waals surface area contributed by atoms with E-state index in [-0.39, 0.29) is 11.6 Å². The summed E-state index contributed by atoms with van der Waals surface area (Å²) in [6, 6.07) is 0. The van der Waals surface area contributed by atoms with E-state index in [9.17, 15) is 4.39 Å². The monoisotopic (exact) mass is 270 g/mol. The third kappa shape index (κ3) is 3.56. The van der Waals surface area contributed by atoms with Gasteiger partial charge in [-0.25, -0.2) is 4.39 Å². The number of halogens is 1. The molecule has 2 fully saturated rings. The lowest BCUT2D eigenvalue weighted by Crippen LogP contribution is -2.34. The first-order valence-electron chi connectivity index (χ1n) is 7.66. The minimum Gasteiger partial charge on any atom is -0.246 e. The minimum atomic E-state index is -0.655. The molecule has 0 saturated heterocycles. The van der Waals surface area contributed by atoms with Gasteiger partial charge in [-0.2, -0.15) is 0 Å². The molecule has 0 spiro atoms. The van der Waals surface area contributed by atoms with Crippen LogP contribution < -0.4 is 0 Å². The number of allylic oxidation sites excluding steroid dienone is 2. The van der Waals surface area contributed by atoms with Crippen molar-refractivity contribution in [3.05, 3.63) is 12.2 Å². The smallest absolute Gasteiger partial charge is 0.113 e. The Hall–Kier alpha value is 0.100. The van der Waals surface area contributed by atoms with Gasteiger partial charge in [-0.15, -0.1) is 9.24 Å². The molecule has 0 amide bonds. The summed E-state index contributed by atoms with van der Waals surface area (Å²) in [5.74, 6) is 2.31. The van der Waals surface area contributed by atoms with E-state index in [4.69, 9.17) is 0 Å². The molecule has 2 aliphatic rings. The van der Waals surface area contributed by atoms with Crippen LogP contribution in [0.4, 0.5) is 4.39 Å². The Morgan fingerprint density at radius 2 is 1.61 bits per heavy atom. The number of alkyl halides is 1. The Morgan fingerprint density at radius 3 is 2.28 bits per heavy atom. The molecule has 104 valence electrons. The molecule has 0 radical (unpaired) electrons. The second-order valence-corrected chi connectivity index (χ2v) is 7.41. The van der Waals surface area contributed by atoms with E-state index < -0.39 is 6.17 Å². The zero-order valence-electron chi connectivity index (χ0n) is 11.8. The molecule has 0 aromatic heterocycles. The van der Waals surface area contributed by atoms with E-state index in [2.05, 4.69) is 35.2 Å². The van der Waals surface area contributed by atoms with Crippen molar-refractivity contribution in [3.8, 4) is 0 Å². The first-order valence-corrected chi connectivity index (χ1v) is 8.32. The van der Waals surface area contributed by atoms with E-state index >= 15 is 0 Å². The molecule has 5 atom stereocenters. The Labute approximate surface area is 114 Å². The fourth-order valence-electron chi connectivity index (χ4n) is 3.39. The molecule has 2 heteroatoms. The molecule has 0 N–H and O–H groups in total. The molecule has 2 aliphatic carbocycles. The fraction of sp³-hybridized carbons (Fsp3) is 0.875. The minimum absolute atomic E-state index is 0.153. The topological polar surface area (TPSA) is 0 Å². The SMILES string of the molecule is CC1CCC(/C=C/C2CCC(C)C(P)C2F)CC1. The van der Waals surface area contributed by atoms with E-state index in [1.54, 1.807) is 0 Å². The molecular weight excluding hydrogens is 242 g/mol. The predicted molar refractivity (Wildman–Crippen MR) is 80.5 cm³/mol. The largest absolute Gasteiger partial charge is 0.246 e. The normalized spacial score (nSPS) is 46.4. The third-order valence-electron chi connectivity index (χ3n) is 5.08. The molecule has 0 aliphatic heterocycles. The Balaban J connectivity index is 1.85. The van der Waals surface area contributed by atoms with Crippen LogP contribution in [-0.2, 0) is 0 Å². The highest BCUT2D eigenvalue weighted by Crippen LogP contribution is 2.37. The van der Waals surface area contributed by atoms with Crippen LogP contribution in [0.15, 0.2) is 12.2 Å². The van der Waals surface area contributed by atoms with Crippen molar-refractivity contribution in [1.29, 1.82) is 0 Å². The van der Waals surface area contributed by atoms with Gasteiger partial charge >= 0.3 is 0 Å². The number of hydrogen-bond donors (Lipinski definition) is 0. The summed E-state index contributed by atoms with van der Waals surface area (Å²) in [4.78, 5) is 0. The maximum atomic E-state index is 14.2. The van der Waals surface area contributed by atoms with Crippen LogP contribution in [-0.4, -0.2) is 11.8 Å². The predicted octanol–water partition coefficient (Wildman–Crippen LogP) is 5.00. The van der Waals surface area contributed by atoms with Gasteiger partial charge in [0.25, 0.3) is 0 Å². The maximum Gasteiger partial charge on any atom is 0.113 e. The highest BCUT2D eigenvalue weighted by molar-refractivity contribution is 7.17. The van der Waals surface area contributed by atoms with Crippen molar-refractivity contribution >= 4 is 9.24 Å². The van der Waals surface area contributed by atoms with Crippen LogP contribution in [0.1, 0.15) is 52.4 Å². The second kappa shape index (κ2) is 6.51. The Morgan fingerprint density at radius 1 is 0.944 bits per heavy atom. The van der Waals surface area contributed by atoms with Gasteiger partial charge in [0.15, 0.2) is 0 Å². The average Bonchev–Trinajstić information content (AvgIpc) is 2.37. The molecule has 0 aromatic carbocycles. The lowest BCUT2D eigenvalue weighted by Gasteiger charge is -2.34. The summed E-state index contributed by atoms with van der Waals surface area (Å²) in [5, 5.41) is 0. The molecule has 0 aromatic rings. The molecule has 2 rings (SSSR count). The lowest BCUT2D eigenvalue weighted by atomic mass is 9.79. The van der Waals surface area contributed by atoms with Gasteiger partial charge in [-0.05, 0) is 43.4 Å². The second-order valence-electron chi connectivity index (χ2n) is 6.65. The number of hydrogen-bond acceptors (Lipinski definition) is 0. The summed E-state index contributed by atoms with van der Waals surface area (Å²) in [6.07, 6.45) is 11.4. The van der Waals surface area contributed by atoms with Crippen molar-refractivity contribution in [2.75, 3.05) is 0 Å². The molecule has 0 heterocycles. The van der Waals surface area contributed by atoms with Crippen LogP contribution in [0, 0.1) is 23.7 Å². The third-order valence-corrected chi connectivity index (χ3v) is 6.10. The van der Waals surface area contributed by atoms with E-state index in [0.29, 0.717) is 5.92 Å². The van der Waals surface area contributed by atoms with Crippen LogP contribution >= 0.6 is 9.24 Å². The van der Waals surface area contributed by atoms with Crippen LogP contribution in [0.3, 0.4) is 0 Å². The van der Waals surface area contributed by atoms with Crippen molar-refractivity contribution < 1.29 is 4.39 Å². The molecule has 2 saturated carbocycles. The zero-order valence-corrected chi connectivity index (χ0v) is 13.0. The summed E-state index contributed by atoms with van der Waals surface area (Å²) in [5.41, 5.74) is 0.153. The van der Waals surface area contributed by atoms with Gasteiger partial charge in [0.05, 0.1) is 0 Å². The van der Waals surface area contributed by atoms with Crippen LogP contribution in [0.2, 0.25) is 0 Å². The van der Waals surface area contributed by atoms with Crippen molar-refractivity contribution in [1.82, 2.24) is 0 Å². The van der Waals surface area contributed by atoms with Gasteiger partial charge in [0.2, 0.25) is 0 Å². The van der Waals surface area contributed by atoms with Gasteiger partial charge in [-0.1, -0.05) is 38.8 Å². The zero-order chi connectivity index (χ0) is 13.1. The molecule has 18 heavy (non-hydrogen) atoms. The quantitative estimate of drug-likeness (QED) is 0.489. The number of rotatable bonds is 2. The van der Waals surface area contributed by atoms with Crippen molar-refractivity contribution in [2.45, 2.75) is 64.2 Å².